The number of thioether (sulfide) groups is 1. The van der Waals surface area contributed by atoms with Gasteiger partial charge in [-0.15, -0.1) is 0 Å². The van der Waals surface area contributed by atoms with Crippen molar-refractivity contribution in [3.05, 3.63) is 93.8 Å². The van der Waals surface area contributed by atoms with E-state index in [0.717, 1.165) is 22.0 Å². The predicted octanol–water partition coefficient (Wildman–Crippen LogP) is 5.39. The number of anilines is 1. The van der Waals surface area contributed by atoms with Gasteiger partial charge in [-0.1, -0.05) is 36.0 Å². The van der Waals surface area contributed by atoms with Crippen LogP contribution < -0.4 is 10.9 Å². The number of fused-ring (bicyclic) bond motifs is 3. The first kappa shape index (κ1) is 25.3. The average molecular weight is 527 g/mol. The summed E-state index contributed by atoms with van der Waals surface area (Å²) >= 11 is 1.19. The molecule has 192 valence electrons. The summed E-state index contributed by atoms with van der Waals surface area (Å²) in [6.07, 6.45) is 0. The number of nitrogens with zero attached hydrogens (tertiary/aromatic N) is 2. The second-order valence-corrected chi connectivity index (χ2v) is 9.85. The number of nitrogens with one attached hydrogen (secondary N) is 2. The molecule has 1 amide bonds. The van der Waals surface area contributed by atoms with Gasteiger partial charge in [-0.3, -0.25) is 14.2 Å². The molecule has 3 aromatic carbocycles. The van der Waals surface area contributed by atoms with Gasteiger partial charge in [0, 0.05) is 16.6 Å². The summed E-state index contributed by atoms with van der Waals surface area (Å²) in [7, 11) is 0. The number of aryl methyl sites for hydroxylation is 2. The Morgan fingerprint density at radius 3 is 2.45 bits per heavy atom. The normalized spacial score (nSPS) is 11.1. The van der Waals surface area contributed by atoms with Gasteiger partial charge in [0.2, 0.25) is 5.91 Å². The number of esters is 1. The summed E-state index contributed by atoms with van der Waals surface area (Å²) in [6.45, 7) is 5.99. The summed E-state index contributed by atoms with van der Waals surface area (Å²) < 4.78 is 6.55. The first-order chi connectivity index (χ1) is 18.3. The van der Waals surface area contributed by atoms with Gasteiger partial charge in [0.25, 0.3) is 5.56 Å². The number of amides is 1. The molecule has 2 N–H and O–H groups in total. The van der Waals surface area contributed by atoms with Crippen LogP contribution in [-0.4, -0.2) is 38.8 Å². The van der Waals surface area contributed by atoms with Crippen LogP contribution in [0, 0.1) is 13.8 Å². The summed E-state index contributed by atoms with van der Waals surface area (Å²) in [5.41, 5.74) is 5.27. The maximum Gasteiger partial charge on any atom is 0.338 e. The minimum atomic E-state index is -0.413. The van der Waals surface area contributed by atoms with Crippen molar-refractivity contribution in [3.8, 4) is 5.69 Å². The predicted molar refractivity (Wildman–Crippen MR) is 150 cm³/mol. The highest BCUT2D eigenvalue weighted by Gasteiger charge is 2.19. The fourth-order valence-corrected chi connectivity index (χ4v) is 5.18. The molecule has 38 heavy (non-hydrogen) atoms. The van der Waals surface area contributed by atoms with E-state index in [-0.39, 0.29) is 17.2 Å². The van der Waals surface area contributed by atoms with Crippen LogP contribution in [0.4, 0.5) is 5.69 Å². The second kappa shape index (κ2) is 10.5. The van der Waals surface area contributed by atoms with Crippen LogP contribution in [0.3, 0.4) is 0 Å². The molecule has 2 heterocycles. The molecule has 2 aromatic heterocycles. The van der Waals surface area contributed by atoms with Crippen LogP contribution in [0.2, 0.25) is 0 Å². The van der Waals surface area contributed by atoms with E-state index in [4.69, 9.17) is 9.72 Å². The largest absolute Gasteiger partial charge is 0.462 e. The van der Waals surface area contributed by atoms with E-state index in [1.807, 2.05) is 56.3 Å². The highest BCUT2D eigenvalue weighted by molar-refractivity contribution is 7.99. The highest BCUT2D eigenvalue weighted by atomic mass is 32.2. The van der Waals surface area contributed by atoms with Crippen molar-refractivity contribution in [2.24, 2.45) is 0 Å². The van der Waals surface area contributed by atoms with E-state index >= 15 is 0 Å². The molecule has 0 aliphatic heterocycles. The van der Waals surface area contributed by atoms with Crippen LogP contribution >= 0.6 is 11.8 Å². The van der Waals surface area contributed by atoms with Crippen molar-refractivity contribution in [2.45, 2.75) is 25.9 Å². The third-order valence-corrected chi connectivity index (χ3v) is 6.91. The maximum atomic E-state index is 13.8. The smallest absolute Gasteiger partial charge is 0.338 e. The minimum Gasteiger partial charge on any atom is -0.462 e. The van der Waals surface area contributed by atoms with Gasteiger partial charge in [0.05, 0.1) is 23.6 Å². The maximum absolute atomic E-state index is 13.8. The third-order valence-electron chi connectivity index (χ3n) is 5.97. The topological polar surface area (TPSA) is 106 Å². The number of aromatic amines is 1. The van der Waals surface area contributed by atoms with Gasteiger partial charge >= 0.3 is 5.97 Å². The number of hydrogen-bond acceptors (Lipinski definition) is 6. The Bertz CT molecular complexity index is 1720. The standard InChI is InChI=1S/C29H26N4O4S/c1-4-37-28(36)19-9-11-20(12-10-19)30-24(34)16-38-29-32-25-22-7-5-6-8-23(22)31-26(25)27(35)33(29)21-14-17(2)13-18(3)15-21/h5-15,31H,4,16H2,1-3H3,(H,30,34). The Kier molecular flexibility index (Phi) is 7.02. The van der Waals surface area contributed by atoms with Crippen molar-refractivity contribution in [2.75, 3.05) is 17.7 Å². The molecule has 0 aliphatic rings. The Labute approximate surface area is 223 Å². The fourth-order valence-electron chi connectivity index (χ4n) is 4.38. The number of carbonyl (C=O) groups excluding carboxylic acids is 2. The number of rotatable bonds is 7. The molecule has 0 saturated carbocycles. The molecule has 0 spiro atoms. The Morgan fingerprint density at radius 2 is 1.74 bits per heavy atom. The van der Waals surface area contributed by atoms with E-state index in [2.05, 4.69) is 10.3 Å². The highest BCUT2D eigenvalue weighted by Crippen LogP contribution is 2.27. The van der Waals surface area contributed by atoms with Gasteiger partial charge in [0.15, 0.2) is 5.16 Å². The zero-order chi connectivity index (χ0) is 26.8. The van der Waals surface area contributed by atoms with Crippen molar-refractivity contribution < 1.29 is 14.3 Å². The monoisotopic (exact) mass is 526 g/mol. The minimum absolute atomic E-state index is 0.0325. The van der Waals surface area contributed by atoms with E-state index in [1.54, 1.807) is 35.8 Å². The molecule has 0 fully saturated rings. The van der Waals surface area contributed by atoms with Gasteiger partial charge in [-0.2, -0.15) is 0 Å². The van der Waals surface area contributed by atoms with Crippen LogP contribution in [0.5, 0.6) is 0 Å². The molecule has 8 nitrogen and oxygen atoms in total. The molecular formula is C29H26N4O4S. The number of H-pyrrole nitrogens is 1. The van der Waals surface area contributed by atoms with Gasteiger partial charge in [0.1, 0.15) is 11.0 Å². The Morgan fingerprint density at radius 1 is 1.03 bits per heavy atom. The lowest BCUT2D eigenvalue weighted by atomic mass is 10.1. The third kappa shape index (κ3) is 5.05. The van der Waals surface area contributed by atoms with E-state index in [9.17, 15) is 14.4 Å². The lowest BCUT2D eigenvalue weighted by molar-refractivity contribution is -0.113. The lowest BCUT2D eigenvalue weighted by Gasteiger charge is -2.14. The van der Waals surface area contributed by atoms with E-state index in [0.29, 0.717) is 39.7 Å². The van der Waals surface area contributed by atoms with Crippen molar-refractivity contribution in [3.63, 3.8) is 0 Å². The van der Waals surface area contributed by atoms with Gasteiger partial charge < -0.3 is 15.0 Å². The zero-order valence-electron chi connectivity index (χ0n) is 21.2. The number of carbonyl (C=O) groups is 2. The van der Waals surface area contributed by atoms with Crippen molar-refractivity contribution in [1.29, 1.82) is 0 Å². The number of benzene rings is 3. The number of hydrogen-bond donors (Lipinski definition) is 2. The molecule has 0 saturated heterocycles. The molecule has 0 unspecified atom stereocenters. The molecule has 0 radical (unpaired) electrons. The van der Waals surface area contributed by atoms with Crippen LogP contribution in [0.1, 0.15) is 28.4 Å². The Hall–Kier alpha value is -4.37. The first-order valence-corrected chi connectivity index (χ1v) is 13.1. The van der Waals surface area contributed by atoms with Crippen LogP contribution in [0.15, 0.2) is 76.7 Å². The van der Waals surface area contributed by atoms with Crippen molar-refractivity contribution >= 4 is 51.3 Å². The van der Waals surface area contributed by atoms with E-state index < -0.39 is 5.97 Å². The molecule has 0 atom stereocenters. The first-order valence-electron chi connectivity index (χ1n) is 12.2. The summed E-state index contributed by atoms with van der Waals surface area (Å²) in [6, 6.07) is 20.0. The SMILES string of the molecule is CCOC(=O)c1ccc(NC(=O)CSc2nc3c([nH]c4ccccc43)c(=O)n2-c2cc(C)cc(C)c2)cc1. The number of para-hydroxylation sites is 1. The van der Waals surface area contributed by atoms with E-state index in [1.165, 1.54) is 11.8 Å². The molecule has 5 rings (SSSR count). The summed E-state index contributed by atoms with van der Waals surface area (Å²) in [5, 5.41) is 4.10. The second-order valence-electron chi connectivity index (χ2n) is 8.91. The number of aromatic nitrogens is 3. The van der Waals surface area contributed by atoms with Gasteiger partial charge in [-0.05, 0) is 74.4 Å². The quantitative estimate of drug-likeness (QED) is 0.167. The molecule has 9 heteroatoms. The zero-order valence-corrected chi connectivity index (χ0v) is 22.0. The van der Waals surface area contributed by atoms with Gasteiger partial charge in [-0.25, -0.2) is 9.78 Å². The molecular weight excluding hydrogens is 500 g/mol. The summed E-state index contributed by atoms with van der Waals surface area (Å²) in [4.78, 5) is 46.5. The fraction of sp³-hybridized carbons (Fsp3) is 0.172. The molecule has 5 aromatic rings. The molecule has 0 bridgehead atoms. The Balaban J connectivity index is 1.47. The summed E-state index contributed by atoms with van der Waals surface area (Å²) in [5.74, 6) is -0.645. The number of ether oxygens (including phenoxy) is 1. The van der Waals surface area contributed by atoms with Crippen molar-refractivity contribution in [1.82, 2.24) is 14.5 Å². The molecule has 0 aliphatic carbocycles. The average Bonchev–Trinajstić information content (AvgIpc) is 3.26. The lowest BCUT2D eigenvalue weighted by Crippen LogP contribution is -2.23. The van der Waals surface area contributed by atoms with Crippen LogP contribution in [0.25, 0.3) is 27.6 Å². The van der Waals surface area contributed by atoms with Crippen LogP contribution in [-0.2, 0) is 9.53 Å².